The fraction of sp³-hybridized carbons (Fsp3) is 0.600. The van der Waals surface area contributed by atoms with Crippen molar-refractivity contribution in [3.05, 3.63) is 35.9 Å². The summed E-state index contributed by atoms with van der Waals surface area (Å²) in [5.74, 6) is 0.130. The van der Waals surface area contributed by atoms with Gasteiger partial charge in [0.2, 0.25) is 11.8 Å². The molecule has 1 aliphatic carbocycles. The third-order valence-corrected chi connectivity index (χ3v) is 5.76. The minimum atomic E-state index is -0.146. The number of carbonyl (C=O) groups is 2. The lowest BCUT2D eigenvalue weighted by Crippen LogP contribution is -2.50. The molecule has 136 valence electrons. The summed E-state index contributed by atoms with van der Waals surface area (Å²) < 4.78 is 0. The Balaban J connectivity index is 1.55. The van der Waals surface area contributed by atoms with E-state index in [4.69, 9.17) is 0 Å². The number of likely N-dealkylation sites (N-methyl/N-ethyl adjacent to an activating group) is 1. The van der Waals surface area contributed by atoms with E-state index in [2.05, 4.69) is 29.6 Å². The largest absolute Gasteiger partial charge is 0.354 e. The molecule has 2 fully saturated rings. The molecule has 1 unspecified atom stereocenters. The fourth-order valence-electron chi connectivity index (χ4n) is 4.06. The highest BCUT2D eigenvalue weighted by Gasteiger charge is 2.39. The van der Waals surface area contributed by atoms with Gasteiger partial charge in [0.15, 0.2) is 0 Å². The van der Waals surface area contributed by atoms with Crippen molar-refractivity contribution in [2.45, 2.75) is 43.6 Å². The van der Waals surface area contributed by atoms with Gasteiger partial charge in [0.25, 0.3) is 0 Å². The summed E-state index contributed by atoms with van der Waals surface area (Å²) in [6, 6.07) is 10.4. The van der Waals surface area contributed by atoms with Gasteiger partial charge in [0.1, 0.15) is 0 Å². The summed E-state index contributed by atoms with van der Waals surface area (Å²) in [4.78, 5) is 28.4. The summed E-state index contributed by atoms with van der Waals surface area (Å²) in [7, 11) is 3.55. The minimum absolute atomic E-state index is 0.0284. The molecule has 1 aliphatic heterocycles. The molecule has 2 aliphatic rings. The van der Waals surface area contributed by atoms with Crippen molar-refractivity contribution in [2.24, 2.45) is 0 Å². The van der Waals surface area contributed by atoms with Gasteiger partial charge in [-0.25, -0.2) is 0 Å². The van der Waals surface area contributed by atoms with E-state index in [1.165, 1.54) is 12.0 Å². The molecular formula is C20H29N3O2. The number of amides is 2. The molecule has 1 saturated carbocycles. The Kier molecular flexibility index (Phi) is 5.42. The fourth-order valence-corrected chi connectivity index (χ4v) is 4.06. The highest BCUT2D eigenvalue weighted by molar-refractivity contribution is 5.83. The van der Waals surface area contributed by atoms with Crippen LogP contribution in [0.2, 0.25) is 0 Å². The first-order valence-corrected chi connectivity index (χ1v) is 9.29. The Morgan fingerprint density at radius 2 is 1.92 bits per heavy atom. The predicted molar refractivity (Wildman–Crippen MR) is 98.3 cm³/mol. The zero-order valence-electron chi connectivity index (χ0n) is 15.3. The second-order valence-corrected chi connectivity index (χ2v) is 7.64. The molecule has 5 nitrogen and oxygen atoms in total. The zero-order chi connectivity index (χ0) is 17.9. The molecule has 2 amide bonds. The molecule has 1 aromatic carbocycles. The van der Waals surface area contributed by atoms with Crippen LogP contribution in [0.25, 0.3) is 0 Å². The van der Waals surface area contributed by atoms with E-state index in [-0.39, 0.29) is 23.3 Å². The third-order valence-electron chi connectivity index (χ3n) is 5.76. The molecule has 1 aromatic rings. The minimum Gasteiger partial charge on any atom is -0.354 e. The number of nitrogens with one attached hydrogen (secondary N) is 1. The monoisotopic (exact) mass is 343 g/mol. The van der Waals surface area contributed by atoms with Crippen LogP contribution in [-0.4, -0.2) is 61.4 Å². The predicted octanol–water partition coefficient (Wildman–Crippen LogP) is 1.78. The van der Waals surface area contributed by atoms with E-state index >= 15 is 0 Å². The summed E-state index contributed by atoms with van der Waals surface area (Å²) in [5, 5.41) is 3.13. The topological polar surface area (TPSA) is 52.7 Å². The summed E-state index contributed by atoms with van der Waals surface area (Å²) in [5.41, 5.74) is 1.42. The lowest BCUT2D eigenvalue weighted by molar-refractivity contribution is -0.134. The maximum Gasteiger partial charge on any atom is 0.239 e. The van der Waals surface area contributed by atoms with Crippen LogP contribution in [0, 0.1) is 0 Å². The SMILES string of the molecule is CN(C)C(=O)C1CCCN1CC(=O)NCC1(c2ccccc2)CCC1. The maximum absolute atomic E-state index is 12.5. The van der Waals surface area contributed by atoms with Gasteiger partial charge in [-0.2, -0.15) is 0 Å². The van der Waals surface area contributed by atoms with E-state index in [0.717, 1.165) is 32.2 Å². The van der Waals surface area contributed by atoms with Gasteiger partial charge in [0, 0.05) is 26.1 Å². The third kappa shape index (κ3) is 3.87. The van der Waals surface area contributed by atoms with Crippen LogP contribution in [0.3, 0.4) is 0 Å². The average molecular weight is 343 g/mol. The Morgan fingerprint density at radius 3 is 2.52 bits per heavy atom. The smallest absolute Gasteiger partial charge is 0.239 e. The van der Waals surface area contributed by atoms with E-state index < -0.39 is 0 Å². The molecule has 0 radical (unpaired) electrons. The van der Waals surface area contributed by atoms with Crippen LogP contribution in [0.1, 0.15) is 37.7 Å². The van der Waals surface area contributed by atoms with Gasteiger partial charge in [0.05, 0.1) is 12.6 Å². The van der Waals surface area contributed by atoms with Crippen molar-refractivity contribution in [3.8, 4) is 0 Å². The second-order valence-electron chi connectivity index (χ2n) is 7.64. The molecule has 25 heavy (non-hydrogen) atoms. The second kappa shape index (κ2) is 7.56. The normalized spacial score (nSPS) is 22.2. The van der Waals surface area contributed by atoms with Crippen molar-refractivity contribution in [3.63, 3.8) is 0 Å². The molecule has 5 heteroatoms. The molecule has 1 saturated heterocycles. The molecule has 0 aromatic heterocycles. The Morgan fingerprint density at radius 1 is 1.20 bits per heavy atom. The van der Waals surface area contributed by atoms with Gasteiger partial charge in [-0.05, 0) is 37.8 Å². The van der Waals surface area contributed by atoms with E-state index in [1.54, 1.807) is 19.0 Å². The Hall–Kier alpha value is -1.88. The lowest BCUT2D eigenvalue weighted by atomic mass is 9.64. The molecule has 3 rings (SSSR count). The van der Waals surface area contributed by atoms with Crippen LogP contribution in [0.15, 0.2) is 30.3 Å². The van der Waals surface area contributed by atoms with Gasteiger partial charge >= 0.3 is 0 Å². The van der Waals surface area contributed by atoms with Crippen LogP contribution < -0.4 is 5.32 Å². The van der Waals surface area contributed by atoms with E-state index in [0.29, 0.717) is 13.1 Å². The molecule has 1 heterocycles. The lowest BCUT2D eigenvalue weighted by Gasteiger charge is -2.42. The van der Waals surface area contributed by atoms with Crippen LogP contribution in [-0.2, 0) is 15.0 Å². The van der Waals surface area contributed by atoms with Crippen molar-refractivity contribution in [1.29, 1.82) is 0 Å². The highest BCUT2D eigenvalue weighted by atomic mass is 16.2. The molecule has 0 spiro atoms. The van der Waals surface area contributed by atoms with Crippen LogP contribution in [0.5, 0.6) is 0 Å². The molecular weight excluding hydrogens is 314 g/mol. The number of hydrogen-bond donors (Lipinski definition) is 1. The molecule has 0 bridgehead atoms. The van der Waals surface area contributed by atoms with Crippen molar-refractivity contribution < 1.29 is 9.59 Å². The van der Waals surface area contributed by atoms with Gasteiger partial charge in [-0.3, -0.25) is 14.5 Å². The van der Waals surface area contributed by atoms with Crippen molar-refractivity contribution in [2.75, 3.05) is 33.7 Å². The molecule has 1 atom stereocenters. The molecule has 1 N–H and O–H groups in total. The number of carbonyl (C=O) groups excluding carboxylic acids is 2. The van der Waals surface area contributed by atoms with Crippen LogP contribution in [0.4, 0.5) is 0 Å². The number of nitrogens with zero attached hydrogens (tertiary/aromatic N) is 2. The number of rotatable bonds is 6. The number of hydrogen-bond acceptors (Lipinski definition) is 3. The zero-order valence-corrected chi connectivity index (χ0v) is 15.3. The Bertz CT molecular complexity index is 611. The highest BCUT2D eigenvalue weighted by Crippen LogP contribution is 2.43. The first-order chi connectivity index (χ1) is 12.0. The van der Waals surface area contributed by atoms with Crippen LogP contribution >= 0.6 is 0 Å². The first kappa shape index (κ1) is 17.9. The summed E-state index contributed by atoms with van der Waals surface area (Å²) in [6.45, 7) is 1.83. The van der Waals surface area contributed by atoms with Crippen molar-refractivity contribution >= 4 is 11.8 Å². The van der Waals surface area contributed by atoms with Gasteiger partial charge in [-0.1, -0.05) is 36.8 Å². The van der Waals surface area contributed by atoms with Crippen molar-refractivity contribution in [1.82, 2.24) is 15.1 Å². The summed E-state index contributed by atoms with van der Waals surface area (Å²) in [6.07, 6.45) is 5.30. The quantitative estimate of drug-likeness (QED) is 0.857. The number of likely N-dealkylation sites (tertiary alicyclic amines) is 1. The first-order valence-electron chi connectivity index (χ1n) is 9.29. The van der Waals surface area contributed by atoms with E-state index in [9.17, 15) is 9.59 Å². The average Bonchev–Trinajstić information content (AvgIpc) is 3.02. The standard InChI is InChI=1S/C20H29N3O2/c1-22(2)19(25)17-10-6-13-23(17)14-18(24)21-15-20(11-7-12-20)16-8-4-3-5-9-16/h3-5,8-9,17H,6-7,10-15H2,1-2H3,(H,21,24). The number of benzene rings is 1. The van der Waals surface area contributed by atoms with E-state index in [1.807, 2.05) is 11.0 Å². The van der Waals surface area contributed by atoms with Gasteiger partial charge in [-0.15, -0.1) is 0 Å². The maximum atomic E-state index is 12.5. The van der Waals surface area contributed by atoms with Gasteiger partial charge < -0.3 is 10.2 Å². The Labute approximate surface area is 150 Å². The summed E-state index contributed by atoms with van der Waals surface area (Å²) >= 11 is 0.